The van der Waals surface area contributed by atoms with E-state index in [4.69, 9.17) is 11.6 Å². The van der Waals surface area contributed by atoms with Crippen molar-refractivity contribution in [3.63, 3.8) is 0 Å². The van der Waals surface area contributed by atoms with Gasteiger partial charge in [0.2, 0.25) is 0 Å². The molecule has 0 aliphatic carbocycles. The van der Waals surface area contributed by atoms with Crippen molar-refractivity contribution in [2.24, 2.45) is 0 Å². The highest BCUT2D eigenvalue weighted by atomic mass is 35.5. The Hall–Kier alpha value is -0.740. The lowest BCUT2D eigenvalue weighted by molar-refractivity contribution is 0.0753. The summed E-state index contributed by atoms with van der Waals surface area (Å²) in [5.41, 5.74) is 0.622. The summed E-state index contributed by atoms with van der Waals surface area (Å²) in [7, 11) is 0. The molecule has 1 saturated heterocycles. The molecule has 0 aromatic carbocycles. The number of hydrogen-bond acceptors (Lipinski definition) is 3. The summed E-state index contributed by atoms with van der Waals surface area (Å²) < 4.78 is 0. The molecule has 0 N–H and O–H groups in total. The molecule has 2 atom stereocenters. The number of rotatable bonds is 1. The third-order valence-electron chi connectivity index (χ3n) is 2.68. The van der Waals surface area contributed by atoms with Crippen molar-refractivity contribution in [3.8, 4) is 0 Å². The monoisotopic (exact) mass is 270 g/mol. The number of thioether (sulfide) groups is 1. The second-order valence-corrected chi connectivity index (χ2v) is 6.60. The zero-order valence-corrected chi connectivity index (χ0v) is 11.5. The fourth-order valence-electron chi connectivity index (χ4n) is 2.06. The van der Waals surface area contributed by atoms with Gasteiger partial charge in [-0.25, -0.2) is 4.98 Å². The molecule has 3 nitrogen and oxygen atoms in total. The number of pyridine rings is 1. The van der Waals surface area contributed by atoms with E-state index in [0.717, 1.165) is 13.1 Å². The lowest BCUT2D eigenvalue weighted by Gasteiger charge is -2.34. The number of carbonyl (C=O) groups excluding carboxylic acids is 1. The fraction of sp³-hybridized carbons (Fsp3) is 0.500. The van der Waals surface area contributed by atoms with E-state index < -0.39 is 0 Å². The van der Waals surface area contributed by atoms with Gasteiger partial charge in [-0.2, -0.15) is 11.8 Å². The van der Waals surface area contributed by atoms with Crippen LogP contribution in [0.1, 0.15) is 24.2 Å². The number of hydrogen-bond donors (Lipinski definition) is 0. The number of amides is 1. The molecule has 0 saturated carbocycles. The van der Waals surface area contributed by atoms with E-state index in [1.165, 1.54) is 0 Å². The topological polar surface area (TPSA) is 33.2 Å². The minimum atomic E-state index is 0.0494. The molecular weight excluding hydrogens is 256 g/mol. The van der Waals surface area contributed by atoms with Gasteiger partial charge in [0.05, 0.1) is 0 Å². The third kappa shape index (κ3) is 3.13. The summed E-state index contributed by atoms with van der Waals surface area (Å²) >= 11 is 7.73. The largest absolute Gasteiger partial charge is 0.336 e. The molecule has 5 heteroatoms. The van der Waals surface area contributed by atoms with Crippen LogP contribution >= 0.6 is 23.4 Å². The van der Waals surface area contributed by atoms with E-state index in [-0.39, 0.29) is 5.91 Å². The molecular formula is C12H15ClN2OS. The zero-order chi connectivity index (χ0) is 12.4. The number of aromatic nitrogens is 1. The molecule has 2 rings (SSSR count). The van der Waals surface area contributed by atoms with Gasteiger partial charge in [-0.05, 0) is 12.1 Å². The molecule has 1 fully saturated rings. The lowest BCUT2D eigenvalue weighted by Crippen LogP contribution is -2.44. The van der Waals surface area contributed by atoms with Gasteiger partial charge in [0.1, 0.15) is 5.15 Å². The van der Waals surface area contributed by atoms with Gasteiger partial charge in [-0.3, -0.25) is 4.79 Å². The first-order chi connectivity index (χ1) is 8.06. The number of carbonyl (C=O) groups is 1. The van der Waals surface area contributed by atoms with Gasteiger partial charge >= 0.3 is 0 Å². The molecule has 1 amide bonds. The second-order valence-electron chi connectivity index (χ2n) is 4.33. The van der Waals surface area contributed by atoms with Gasteiger partial charge < -0.3 is 4.90 Å². The first-order valence-electron chi connectivity index (χ1n) is 5.62. The Morgan fingerprint density at radius 3 is 2.71 bits per heavy atom. The molecule has 1 aromatic rings. The van der Waals surface area contributed by atoms with Crippen molar-refractivity contribution in [2.45, 2.75) is 24.3 Å². The minimum absolute atomic E-state index is 0.0494. The average molecular weight is 271 g/mol. The highest BCUT2D eigenvalue weighted by Gasteiger charge is 2.26. The van der Waals surface area contributed by atoms with Crippen LogP contribution in [0.25, 0.3) is 0 Å². The fourth-order valence-corrected chi connectivity index (χ4v) is 3.56. The third-order valence-corrected chi connectivity index (χ3v) is 4.11. The van der Waals surface area contributed by atoms with Crippen LogP contribution in [-0.2, 0) is 0 Å². The van der Waals surface area contributed by atoms with Gasteiger partial charge in [0, 0.05) is 35.3 Å². The highest BCUT2D eigenvalue weighted by Crippen LogP contribution is 2.25. The van der Waals surface area contributed by atoms with Crippen LogP contribution in [0.3, 0.4) is 0 Å². The summed E-state index contributed by atoms with van der Waals surface area (Å²) in [6.45, 7) is 5.90. The molecule has 0 spiro atoms. The van der Waals surface area contributed by atoms with Crippen molar-refractivity contribution >= 4 is 29.3 Å². The summed E-state index contributed by atoms with van der Waals surface area (Å²) in [4.78, 5) is 18.1. The summed E-state index contributed by atoms with van der Waals surface area (Å²) in [5.74, 6) is 0.0494. The quantitative estimate of drug-likeness (QED) is 0.736. The van der Waals surface area contributed by atoms with Crippen LogP contribution in [0.2, 0.25) is 5.15 Å². The van der Waals surface area contributed by atoms with Gasteiger partial charge in [-0.15, -0.1) is 0 Å². The zero-order valence-electron chi connectivity index (χ0n) is 9.89. The van der Waals surface area contributed by atoms with Crippen LogP contribution in [0.4, 0.5) is 0 Å². The SMILES string of the molecule is CC1CN(C(=O)c2ccnc(Cl)c2)CC(C)S1. The molecule has 2 heterocycles. The number of halogens is 1. The molecule has 0 radical (unpaired) electrons. The van der Waals surface area contributed by atoms with E-state index >= 15 is 0 Å². The second kappa shape index (κ2) is 5.27. The Morgan fingerprint density at radius 2 is 2.12 bits per heavy atom. The molecule has 92 valence electrons. The predicted octanol–water partition coefficient (Wildman–Crippen LogP) is 2.70. The van der Waals surface area contributed by atoms with Crippen molar-refractivity contribution in [2.75, 3.05) is 13.1 Å². The summed E-state index contributed by atoms with van der Waals surface area (Å²) in [6.07, 6.45) is 1.57. The maximum atomic E-state index is 12.3. The first-order valence-corrected chi connectivity index (χ1v) is 6.94. The average Bonchev–Trinajstić information content (AvgIpc) is 2.26. The van der Waals surface area contributed by atoms with Crippen LogP contribution in [-0.4, -0.2) is 39.4 Å². The maximum absolute atomic E-state index is 12.3. The Labute approximate surface area is 111 Å². The molecule has 0 bridgehead atoms. The standard InChI is InChI=1S/C12H15ClN2OS/c1-8-6-15(7-9(2)17-8)12(16)10-3-4-14-11(13)5-10/h3-5,8-9H,6-7H2,1-2H3. The first kappa shape index (κ1) is 12.7. The number of nitrogens with zero attached hydrogens (tertiary/aromatic N) is 2. The minimum Gasteiger partial charge on any atom is -0.336 e. The van der Waals surface area contributed by atoms with Crippen molar-refractivity contribution in [1.29, 1.82) is 0 Å². The Balaban J connectivity index is 2.14. The van der Waals surface area contributed by atoms with E-state index in [2.05, 4.69) is 18.8 Å². The van der Waals surface area contributed by atoms with Gasteiger partial charge in [0.25, 0.3) is 5.91 Å². The van der Waals surface area contributed by atoms with Crippen molar-refractivity contribution in [3.05, 3.63) is 29.0 Å². The van der Waals surface area contributed by atoms with Crippen LogP contribution in [0.15, 0.2) is 18.3 Å². The van der Waals surface area contributed by atoms with E-state index in [1.54, 1.807) is 18.3 Å². The maximum Gasteiger partial charge on any atom is 0.254 e. The van der Waals surface area contributed by atoms with Crippen molar-refractivity contribution < 1.29 is 4.79 Å². The Kier molecular flexibility index (Phi) is 3.94. The molecule has 17 heavy (non-hydrogen) atoms. The summed E-state index contributed by atoms with van der Waals surface area (Å²) in [6, 6.07) is 3.34. The smallest absolute Gasteiger partial charge is 0.254 e. The predicted molar refractivity (Wildman–Crippen MR) is 71.7 cm³/mol. The van der Waals surface area contributed by atoms with Crippen LogP contribution in [0, 0.1) is 0 Å². The van der Waals surface area contributed by atoms with Gasteiger partial charge in [-0.1, -0.05) is 25.4 Å². The van der Waals surface area contributed by atoms with Gasteiger partial charge in [0.15, 0.2) is 0 Å². The van der Waals surface area contributed by atoms with Crippen LogP contribution in [0.5, 0.6) is 0 Å². The van der Waals surface area contributed by atoms with E-state index in [9.17, 15) is 4.79 Å². The van der Waals surface area contributed by atoms with Crippen molar-refractivity contribution in [1.82, 2.24) is 9.88 Å². The van der Waals surface area contributed by atoms with E-state index in [1.807, 2.05) is 16.7 Å². The molecule has 2 unspecified atom stereocenters. The molecule has 1 aromatic heterocycles. The molecule has 1 aliphatic heterocycles. The normalized spacial score (nSPS) is 24.8. The molecule has 1 aliphatic rings. The van der Waals surface area contributed by atoms with Crippen LogP contribution < -0.4 is 0 Å². The summed E-state index contributed by atoms with van der Waals surface area (Å²) in [5, 5.41) is 1.34. The lowest BCUT2D eigenvalue weighted by atomic mass is 10.2. The Bertz CT molecular complexity index is 417. The Morgan fingerprint density at radius 1 is 1.47 bits per heavy atom. The van der Waals surface area contributed by atoms with E-state index in [0.29, 0.717) is 21.2 Å². The highest BCUT2D eigenvalue weighted by molar-refractivity contribution is 8.00.